The second kappa shape index (κ2) is 14.9. The fourth-order valence-corrected chi connectivity index (χ4v) is 90.1. The number of hydrogen-bond acceptors (Lipinski definition) is 0. The maximum absolute atomic E-state index is 6.47. The number of hydrogen-bond donors (Lipinski definition) is 0. The first-order valence-electron chi connectivity index (χ1n) is 22.9. The van der Waals surface area contributed by atoms with Crippen molar-refractivity contribution >= 4 is 25.7 Å². The number of unbranched alkanes of at least 4 members (excludes halogenated alkanes) is 2. The Morgan fingerprint density at radius 2 is 0.857 bits per heavy atom. The molecule has 0 amide bonds. The first-order valence-corrected chi connectivity index (χ1v) is 44.0. The summed E-state index contributed by atoms with van der Waals surface area (Å²) in [6, 6.07) is 35.8. The van der Waals surface area contributed by atoms with Crippen molar-refractivity contribution in [3.8, 4) is 0 Å². The van der Waals surface area contributed by atoms with Gasteiger partial charge in [-0.2, -0.15) is 0 Å². The monoisotopic (exact) mass is 933 g/mol. The Balaban J connectivity index is 2.10. The van der Waals surface area contributed by atoms with Crippen LogP contribution >= 0.6 is 0 Å². The van der Waals surface area contributed by atoms with Gasteiger partial charge in [-0.05, 0) is 0 Å². The van der Waals surface area contributed by atoms with Crippen LogP contribution in [-0.2, 0) is 14.2 Å². The van der Waals surface area contributed by atoms with Crippen molar-refractivity contribution in [2.45, 2.75) is 161 Å². The van der Waals surface area contributed by atoms with E-state index in [0.29, 0.717) is 31.0 Å². The Hall–Kier alpha value is -2.55. The molecule has 0 spiro atoms. The van der Waals surface area contributed by atoms with Crippen LogP contribution in [0.15, 0.2) is 96.1 Å². The molecule has 0 aromatic heterocycles. The summed E-state index contributed by atoms with van der Waals surface area (Å²) in [5.74, 6) is 1.80. The average Bonchev–Trinajstić information content (AvgIpc) is 3.80. The Kier molecular flexibility index (Phi) is 11.5. The molecule has 4 aromatic carbocycles. The Morgan fingerprint density at radius 1 is 0.500 bits per heavy atom. The van der Waals surface area contributed by atoms with Gasteiger partial charge in [0.1, 0.15) is 0 Å². The molecule has 2 unspecified atom stereocenters. The van der Waals surface area contributed by atoms with E-state index in [2.05, 4.69) is 187 Å². The summed E-state index contributed by atoms with van der Waals surface area (Å²) in [6.45, 7) is 32.1. The molecule has 2 atom stereocenters. The number of allylic oxidation sites excluding steroid dienone is 2. The molecular formula is C54H76HfSi. The molecule has 0 bridgehead atoms. The van der Waals surface area contributed by atoms with Crippen molar-refractivity contribution in [1.82, 2.24) is 0 Å². The van der Waals surface area contributed by atoms with Gasteiger partial charge in [0.05, 0.1) is 0 Å². The van der Waals surface area contributed by atoms with Crippen LogP contribution in [0.1, 0.15) is 197 Å². The summed E-state index contributed by atoms with van der Waals surface area (Å²) in [7, 11) is 0. The SMILES string of the molecule is CCC[CH2][Hf](=[SiH2])([CH2]CCC)([c]1ccccc1)([c]1ccccc1)([CH]1C(CC)=Cc2c(C(C)C)cc(C(C)C)cc21)[CH]1C(CC)=Cc2c(C(C)C)cc(C(C)C)cc21. The second-order valence-corrected chi connectivity index (χ2v) is 81.3. The van der Waals surface area contributed by atoms with E-state index in [1.54, 1.807) is 51.2 Å². The summed E-state index contributed by atoms with van der Waals surface area (Å²) in [6.07, 6.45) is 12.5. The normalized spacial score (nSPS) is 18.8. The fourth-order valence-electron chi connectivity index (χ4n) is 14.0. The summed E-state index contributed by atoms with van der Waals surface area (Å²) in [5, 5.41) is 0. The fraction of sp³-hybridized carbons (Fsp3) is 0.481. The van der Waals surface area contributed by atoms with Crippen molar-refractivity contribution in [2.24, 2.45) is 0 Å². The Bertz CT molecular complexity index is 2110. The maximum atomic E-state index is 2.76. The van der Waals surface area contributed by atoms with Crippen molar-refractivity contribution in [1.29, 1.82) is 0 Å². The summed E-state index contributed by atoms with van der Waals surface area (Å²) in [4.78, 5) is 0. The van der Waals surface area contributed by atoms with E-state index < -0.39 is 14.2 Å². The van der Waals surface area contributed by atoms with Crippen LogP contribution in [0.2, 0.25) is 8.35 Å². The molecule has 2 aliphatic rings. The Morgan fingerprint density at radius 3 is 1.14 bits per heavy atom. The third-order valence-electron chi connectivity index (χ3n) is 16.7. The second-order valence-electron chi connectivity index (χ2n) is 20.7. The molecule has 2 heteroatoms. The molecule has 0 radical (unpaired) electrons. The van der Waals surface area contributed by atoms with E-state index in [4.69, 9.17) is 0 Å². The van der Waals surface area contributed by atoms with Crippen molar-refractivity contribution in [3.63, 3.8) is 0 Å². The molecule has 56 heavy (non-hydrogen) atoms. The van der Waals surface area contributed by atoms with E-state index >= 15 is 0 Å². The molecule has 0 saturated heterocycles. The van der Waals surface area contributed by atoms with Crippen LogP contribution in [0.5, 0.6) is 0 Å². The third-order valence-corrected chi connectivity index (χ3v) is 89.5. The predicted molar refractivity (Wildman–Crippen MR) is 251 cm³/mol. The number of fused-ring (bicyclic) bond motifs is 2. The van der Waals surface area contributed by atoms with Gasteiger partial charge >= 0.3 is 341 Å². The molecule has 0 fully saturated rings. The van der Waals surface area contributed by atoms with Crippen LogP contribution in [0.3, 0.4) is 0 Å². The zero-order valence-corrected chi connectivity index (χ0v) is 42.6. The molecule has 0 nitrogen and oxygen atoms in total. The van der Waals surface area contributed by atoms with Crippen LogP contribution in [0.25, 0.3) is 12.2 Å². The summed E-state index contributed by atoms with van der Waals surface area (Å²) < 4.78 is 6.52. The molecule has 0 aliphatic heterocycles. The van der Waals surface area contributed by atoms with E-state index in [-0.39, 0.29) is 0 Å². The molecule has 2 aliphatic carbocycles. The molecule has 0 heterocycles. The van der Waals surface area contributed by atoms with Crippen molar-refractivity contribution in [3.05, 3.63) is 141 Å². The van der Waals surface area contributed by atoms with Crippen molar-refractivity contribution in [2.75, 3.05) is 0 Å². The van der Waals surface area contributed by atoms with Gasteiger partial charge in [-0.1, -0.05) is 0 Å². The molecule has 6 rings (SSSR count). The van der Waals surface area contributed by atoms with Gasteiger partial charge in [0.25, 0.3) is 0 Å². The quantitative estimate of drug-likeness (QED) is 0.0982. The summed E-state index contributed by atoms with van der Waals surface area (Å²) >= 11 is -6.47. The minimum absolute atomic E-state index is 0.299. The van der Waals surface area contributed by atoms with Crippen LogP contribution in [0.4, 0.5) is 0 Å². The minimum atomic E-state index is -6.47. The average molecular weight is 932 g/mol. The van der Waals surface area contributed by atoms with E-state index in [9.17, 15) is 0 Å². The van der Waals surface area contributed by atoms with Crippen LogP contribution in [0, 0.1) is 0 Å². The molecular weight excluding hydrogens is 855 g/mol. The van der Waals surface area contributed by atoms with Gasteiger partial charge in [0, 0.05) is 0 Å². The van der Waals surface area contributed by atoms with Crippen molar-refractivity contribution < 1.29 is 14.2 Å². The Labute approximate surface area is 339 Å². The van der Waals surface area contributed by atoms with Gasteiger partial charge in [0.2, 0.25) is 0 Å². The number of benzene rings is 4. The molecule has 300 valence electrons. The van der Waals surface area contributed by atoms with Gasteiger partial charge in [-0.15, -0.1) is 0 Å². The van der Waals surface area contributed by atoms with Gasteiger partial charge < -0.3 is 0 Å². The van der Waals surface area contributed by atoms with Crippen LogP contribution in [-0.4, -0.2) is 6.94 Å². The van der Waals surface area contributed by atoms with Gasteiger partial charge in [0.15, 0.2) is 0 Å². The van der Waals surface area contributed by atoms with Crippen LogP contribution < -0.4 is 6.64 Å². The number of rotatable bonds is 16. The first kappa shape index (κ1) is 43.0. The zero-order chi connectivity index (χ0) is 40.7. The standard InChI is InChI=1S/2C17H23.2C6H5.2C4H9.Hf.H2Si/c2*1-6-13-7-15-9-14(11(2)3)10-16(12(4)5)17(15)8-13;2*1-2-4-6-5-3-1;2*1-3-4-2;;/h2*7-12H,6H2,1-5H3;2*1-5H;2*1,3-4H2,2H3;;1H2. The molecule has 4 aromatic rings. The topological polar surface area (TPSA) is 0 Å². The van der Waals surface area contributed by atoms with E-state index in [0.717, 1.165) is 12.8 Å². The third kappa shape index (κ3) is 5.56. The molecule has 0 saturated carbocycles. The zero-order valence-electron chi connectivity index (χ0n) is 37.6. The van der Waals surface area contributed by atoms with E-state index in [1.165, 1.54) is 45.2 Å². The van der Waals surface area contributed by atoms with Gasteiger partial charge in [-0.3, -0.25) is 0 Å². The predicted octanol–water partition coefficient (Wildman–Crippen LogP) is 15.0. The van der Waals surface area contributed by atoms with Gasteiger partial charge in [-0.25, -0.2) is 0 Å². The summed E-state index contributed by atoms with van der Waals surface area (Å²) in [5.41, 5.74) is 15.9. The first-order chi connectivity index (χ1) is 26.6. The van der Waals surface area contributed by atoms with E-state index in [1.807, 2.05) is 0 Å². The molecule has 0 N–H and O–H groups in total.